The minimum Gasteiger partial charge on any atom is -0.483 e. The fourth-order valence-electron chi connectivity index (χ4n) is 2.24. The lowest BCUT2D eigenvalue weighted by Gasteiger charge is -2.10. The molecule has 23 heavy (non-hydrogen) atoms. The first kappa shape index (κ1) is 20.9. The number of hydrogen-bond donors (Lipinski definition) is 2. The van der Waals surface area contributed by atoms with E-state index in [9.17, 15) is 0 Å². The SMILES string of the molecule is CC.CCCC(N)Cc1ccc(-c2ccccc2)cc1.O=CO. The number of carbonyl (C=O) groups is 1. The number of rotatable bonds is 5. The highest BCUT2D eigenvalue weighted by molar-refractivity contribution is 5.63. The monoisotopic (exact) mass is 315 g/mol. The maximum atomic E-state index is 8.36. The molecule has 0 bridgehead atoms. The lowest BCUT2D eigenvalue weighted by molar-refractivity contribution is -0.122. The first-order chi connectivity index (χ1) is 11.2. The normalized spacial score (nSPS) is 10.4. The first-order valence-electron chi connectivity index (χ1n) is 8.19. The van der Waals surface area contributed by atoms with E-state index in [1.54, 1.807) is 0 Å². The van der Waals surface area contributed by atoms with E-state index in [-0.39, 0.29) is 12.5 Å². The van der Waals surface area contributed by atoms with Crippen LogP contribution in [0.25, 0.3) is 11.1 Å². The molecule has 0 saturated heterocycles. The van der Waals surface area contributed by atoms with Crippen LogP contribution in [0.4, 0.5) is 0 Å². The molecule has 126 valence electrons. The fraction of sp³-hybridized carbons (Fsp3) is 0.350. The van der Waals surface area contributed by atoms with Crippen molar-refractivity contribution in [1.29, 1.82) is 0 Å². The van der Waals surface area contributed by atoms with E-state index in [0.717, 1.165) is 19.3 Å². The van der Waals surface area contributed by atoms with Crippen LogP contribution in [-0.2, 0) is 11.2 Å². The Balaban J connectivity index is 0.000000868. The molecule has 2 aromatic rings. The van der Waals surface area contributed by atoms with Crippen LogP contribution in [0.3, 0.4) is 0 Å². The van der Waals surface area contributed by atoms with Gasteiger partial charge in [-0.1, -0.05) is 81.8 Å². The summed E-state index contributed by atoms with van der Waals surface area (Å²) >= 11 is 0. The Morgan fingerprint density at radius 1 is 1.00 bits per heavy atom. The molecular weight excluding hydrogens is 286 g/mol. The molecule has 0 spiro atoms. The minimum atomic E-state index is -0.250. The number of carboxylic acid groups (broad SMARTS) is 1. The Morgan fingerprint density at radius 3 is 1.96 bits per heavy atom. The van der Waals surface area contributed by atoms with Crippen LogP contribution in [0.2, 0.25) is 0 Å². The van der Waals surface area contributed by atoms with Crippen LogP contribution < -0.4 is 5.73 Å². The largest absolute Gasteiger partial charge is 0.483 e. The molecule has 0 aliphatic carbocycles. The van der Waals surface area contributed by atoms with Crippen molar-refractivity contribution in [1.82, 2.24) is 0 Å². The van der Waals surface area contributed by atoms with Gasteiger partial charge >= 0.3 is 0 Å². The second-order valence-electron chi connectivity index (χ2n) is 4.92. The van der Waals surface area contributed by atoms with Crippen LogP contribution in [0.1, 0.15) is 39.2 Å². The van der Waals surface area contributed by atoms with Gasteiger partial charge < -0.3 is 10.8 Å². The highest BCUT2D eigenvalue weighted by atomic mass is 16.3. The molecule has 0 amide bonds. The van der Waals surface area contributed by atoms with Crippen molar-refractivity contribution in [2.24, 2.45) is 5.73 Å². The molecule has 3 nitrogen and oxygen atoms in total. The molecule has 0 radical (unpaired) electrons. The van der Waals surface area contributed by atoms with Crippen molar-refractivity contribution in [3.8, 4) is 11.1 Å². The van der Waals surface area contributed by atoms with E-state index in [0.29, 0.717) is 0 Å². The van der Waals surface area contributed by atoms with Crippen LogP contribution in [0.15, 0.2) is 54.6 Å². The zero-order valence-corrected chi connectivity index (χ0v) is 14.4. The zero-order chi connectivity index (χ0) is 17.5. The van der Waals surface area contributed by atoms with E-state index < -0.39 is 0 Å². The van der Waals surface area contributed by atoms with E-state index in [1.807, 2.05) is 19.9 Å². The molecule has 1 atom stereocenters. The first-order valence-corrected chi connectivity index (χ1v) is 8.19. The number of benzene rings is 2. The molecule has 2 rings (SSSR count). The zero-order valence-electron chi connectivity index (χ0n) is 14.4. The summed E-state index contributed by atoms with van der Waals surface area (Å²) in [5, 5.41) is 6.89. The van der Waals surface area contributed by atoms with Gasteiger partial charge in [-0.05, 0) is 29.5 Å². The van der Waals surface area contributed by atoms with Crippen molar-refractivity contribution in [2.45, 2.75) is 46.1 Å². The van der Waals surface area contributed by atoms with Gasteiger partial charge in [0.25, 0.3) is 6.47 Å². The second-order valence-corrected chi connectivity index (χ2v) is 4.92. The molecule has 0 aliphatic rings. The average molecular weight is 315 g/mol. The third-order valence-corrected chi connectivity index (χ3v) is 3.22. The molecule has 3 N–H and O–H groups in total. The van der Waals surface area contributed by atoms with Crippen molar-refractivity contribution >= 4 is 6.47 Å². The summed E-state index contributed by atoms with van der Waals surface area (Å²) in [5.41, 5.74) is 9.93. The topological polar surface area (TPSA) is 63.3 Å². The van der Waals surface area contributed by atoms with E-state index >= 15 is 0 Å². The second kappa shape index (κ2) is 13.5. The Labute approximate surface area is 140 Å². The fourth-order valence-corrected chi connectivity index (χ4v) is 2.24. The van der Waals surface area contributed by atoms with Gasteiger partial charge in [0.2, 0.25) is 0 Å². The van der Waals surface area contributed by atoms with E-state index in [1.165, 1.54) is 16.7 Å². The number of hydrogen-bond acceptors (Lipinski definition) is 2. The third-order valence-electron chi connectivity index (χ3n) is 3.22. The summed E-state index contributed by atoms with van der Waals surface area (Å²) in [5.74, 6) is 0. The Kier molecular flexibility index (Phi) is 12.3. The molecule has 0 heterocycles. The molecule has 0 aromatic heterocycles. The van der Waals surface area contributed by atoms with Crippen LogP contribution in [-0.4, -0.2) is 17.6 Å². The van der Waals surface area contributed by atoms with Gasteiger partial charge in [0.1, 0.15) is 0 Å². The summed E-state index contributed by atoms with van der Waals surface area (Å²) < 4.78 is 0. The quantitative estimate of drug-likeness (QED) is 0.783. The third kappa shape index (κ3) is 8.79. The van der Waals surface area contributed by atoms with E-state index in [2.05, 4.69) is 55.5 Å². The summed E-state index contributed by atoms with van der Waals surface area (Å²) in [6, 6.07) is 19.5. The van der Waals surface area contributed by atoms with Gasteiger partial charge in [0, 0.05) is 6.04 Å². The lowest BCUT2D eigenvalue weighted by Crippen LogP contribution is -2.22. The predicted octanol–water partition coefficient (Wildman–Crippen LogP) is 4.75. The highest BCUT2D eigenvalue weighted by Gasteiger charge is 2.03. The van der Waals surface area contributed by atoms with Crippen molar-refractivity contribution in [3.05, 3.63) is 60.2 Å². The van der Waals surface area contributed by atoms with Gasteiger partial charge in [-0.15, -0.1) is 0 Å². The minimum absolute atomic E-state index is 0.250. The molecular formula is C20H29NO2. The Hall–Kier alpha value is -2.13. The average Bonchev–Trinajstić information content (AvgIpc) is 2.59. The molecule has 0 saturated carbocycles. The predicted molar refractivity (Wildman–Crippen MR) is 98.5 cm³/mol. The Morgan fingerprint density at radius 2 is 1.48 bits per heavy atom. The molecule has 2 aromatic carbocycles. The molecule has 1 unspecified atom stereocenters. The van der Waals surface area contributed by atoms with Crippen molar-refractivity contribution in [2.75, 3.05) is 0 Å². The van der Waals surface area contributed by atoms with Crippen LogP contribution in [0, 0.1) is 0 Å². The van der Waals surface area contributed by atoms with Gasteiger partial charge in [-0.2, -0.15) is 0 Å². The Bertz CT molecular complexity index is 509. The van der Waals surface area contributed by atoms with E-state index in [4.69, 9.17) is 15.6 Å². The number of nitrogens with two attached hydrogens (primary N) is 1. The standard InChI is InChI=1S/C17H21N.C2H6.CH2O2/c1-2-6-17(18)13-14-9-11-16(12-10-14)15-7-4-3-5-8-15;1-2;2-1-3/h3-5,7-12,17H,2,6,13,18H2,1H3;1-2H3;1H,(H,2,3). The summed E-state index contributed by atoms with van der Waals surface area (Å²) in [7, 11) is 0. The summed E-state index contributed by atoms with van der Waals surface area (Å²) in [6.07, 6.45) is 3.23. The van der Waals surface area contributed by atoms with Crippen LogP contribution in [0.5, 0.6) is 0 Å². The van der Waals surface area contributed by atoms with Gasteiger partial charge in [0.05, 0.1) is 0 Å². The van der Waals surface area contributed by atoms with Gasteiger partial charge in [0.15, 0.2) is 0 Å². The highest BCUT2D eigenvalue weighted by Crippen LogP contribution is 2.19. The smallest absolute Gasteiger partial charge is 0.290 e. The molecule has 3 heteroatoms. The van der Waals surface area contributed by atoms with Gasteiger partial charge in [-0.25, -0.2) is 0 Å². The maximum Gasteiger partial charge on any atom is 0.290 e. The lowest BCUT2D eigenvalue weighted by atomic mass is 9.99. The summed E-state index contributed by atoms with van der Waals surface area (Å²) in [4.78, 5) is 8.36. The maximum absolute atomic E-state index is 8.36. The van der Waals surface area contributed by atoms with Crippen molar-refractivity contribution < 1.29 is 9.90 Å². The molecule has 0 fully saturated rings. The molecule has 0 aliphatic heterocycles. The van der Waals surface area contributed by atoms with Crippen LogP contribution >= 0.6 is 0 Å². The summed E-state index contributed by atoms with van der Waals surface area (Å²) in [6.45, 7) is 5.93. The van der Waals surface area contributed by atoms with Crippen molar-refractivity contribution in [3.63, 3.8) is 0 Å². The van der Waals surface area contributed by atoms with Gasteiger partial charge in [-0.3, -0.25) is 4.79 Å².